The van der Waals surface area contributed by atoms with E-state index in [1.807, 2.05) is 0 Å². The number of rotatable bonds is 2. The number of halogens is 2. The van der Waals surface area contributed by atoms with E-state index in [-0.39, 0.29) is 17.4 Å². The molecule has 2 heterocycles. The van der Waals surface area contributed by atoms with E-state index in [1.54, 1.807) is 0 Å². The summed E-state index contributed by atoms with van der Waals surface area (Å²) < 4.78 is 61.7. The number of alkyl halides is 2. The first-order valence-electron chi connectivity index (χ1n) is 5.76. The first kappa shape index (κ1) is 13.5. The lowest BCUT2D eigenvalue weighted by Crippen LogP contribution is -2.32. The molecule has 1 saturated heterocycles. The molecular formula is C11H11F2NO5S. The van der Waals surface area contributed by atoms with Gasteiger partial charge < -0.3 is 14.6 Å². The zero-order valence-corrected chi connectivity index (χ0v) is 10.9. The van der Waals surface area contributed by atoms with E-state index in [0.29, 0.717) is 10.1 Å². The zero-order chi connectivity index (χ0) is 14.5. The summed E-state index contributed by atoms with van der Waals surface area (Å²) >= 11 is 0. The number of aliphatic hydroxyl groups is 1. The quantitative estimate of drug-likeness (QED) is 0.857. The zero-order valence-electron chi connectivity index (χ0n) is 10.1. The van der Waals surface area contributed by atoms with Crippen LogP contribution >= 0.6 is 0 Å². The number of benzene rings is 1. The Hall–Kier alpha value is -1.45. The van der Waals surface area contributed by atoms with Gasteiger partial charge in [-0.15, -0.1) is 0 Å². The molecule has 0 bridgehead atoms. The molecule has 1 unspecified atom stereocenters. The molecule has 1 aromatic rings. The predicted molar refractivity (Wildman–Crippen MR) is 62.3 cm³/mol. The molecule has 9 heteroatoms. The van der Waals surface area contributed by atoms with Crippen molar-refractivity contribution in [3.05, 3.63) is 18.2 Å². The van der Waals surface area contributed by atoms with Gasteiger partial charge in [0.1, 0.15) is 6.10 Å². The number of sulfonamides is 1. The van der Waals surface area contributed by atoms with Gasteiger partial charge >= 0.3 is 0 Å². The summed E-state index contributed by atoms with van der Waals surface area (Å²) in [7, 11) is -4.11. The minimum Gasteiger partial charge on any atom is -0.454 e. The molecule has 1 fully saturated rings. The number of ether oxygens (including phenoxy) is 2. The van der Waals surface area contributed by atoms with E-state index >= 15 is 0 Å². The van der Waals surface area contributed by atoms with Crippen molar-refractivity contribution >= 4 is 10.0 Å². The molecule has 3 rings (SSSR count). The Morgan fingerprint density at radius 1 is 1.30 bits per heavy atom. The Bertz CT molecular complexity index is 648. The lowest BCUT2D eigenvalue weighted by atomic mass is 10.2. The third-order valence-corrected chi connectivity index (χ3v) is 5.04. The highest BCUT2D eigenvalue weighted by Crippen LogP contribution is 2.36. The number of β-amino-alcohol motifs (C(OH)–C–C–N with tert-alkyl or cyclic N) is 1. The molecule has 2 aliphatic heterocycles. The Morgan fingerprint density at radius 2 is 2.00 bits per heavy atom. The average Bonchev–Trinajstić information content (AvgIpc) is 2.94. The maximum atomic E-state index is 13.3. The molecule has 0 spiro atoms. The number of fused-ring (bicyclic) bond motifs is 1. The van der Waals surface area contributed by atoms with Crippen LogP contribution in [0.2, 0.25) is 0 Å². The van der Waals surface area contributed by atoms with Crippen molar-refractivity contribution in [1.29, 1.82) is 0 Å². The van der Waals surface area contributed by atoms with E-state index in [0.717, 1.165) is 0 Å². The van der Waals surface area contributed by atoms with E-state index in [4.69, 9.17) is 9.47 Å². The number of aliphatic hydroxyl groups excluding tert-OH is 1. The van der Waals surface area contributed by atoms with Crippen molar-refractivity contribution in [1.82, 2.24) is 4.31 Å². The first-order valence-corrected chi connectivity index (χ1v) is 7.20. The second-order valence-corrected chi connectivity index (χ2v) is 6.53. The second-order valence-electron chi connectivity index (χ2n) is 4.59. The van der Waals surface area contributed by atoms with Gasteiger partial charge in [-0.3, -0.25) is 0 Å². The van der Waals surface area contributed by atoms with Crippen LogP contribution in [-0.4, -0.2) is 49.7 Å². The van der Waals surface area contributed by atoms with Gasteiger partial charge in [-0.05, 0) is 12.1 Å². The Balaban J connectivity index is 1.93. The Morgan fingerprint density at radius 3 is 2.65 bits per heavy atom. The summed E-state index contributed by atoms with van der Waals surface area (Å²) in [5.41, 5.74) is 0. The van der Waals surface area contributed by atoms with Crippen LogP contribution in [0.3, 0.4) is 0 Å². The predicted octanol–water partition coefficient (Wildman–Crippen LogP) is 0.416. The fourth-order valence-electron chi connectivity index (χ4n) is 2.10. The molecule has 20 heavy (non-hydrogen) atoms. The molecule has 1 aromatic carbocycles. The Labute approximate surface area is 113 Å². The maximum Gasteiger partial charge on any atom is 0.288 e. The van der Waals surface area contributed by atoms with Crippen LogP contribution < -0.4 is 9.47 Å². The summed E-state index contributed by atoms with van der Waals surface area (Å²) in [6, 6.07) is 3.88. The van der Waals surface area contributed by atoms with Crippen molar-refractivity contribution in [3.63, 3.8) is 0 Å². The van der Waals surface area contributed by atoms with Crippen molar-refractivity contribution in [2.75, 3.05) is 19.9 Å². The third-order valence-electron chi connectivity index (χ3n) is 3.23. The smallest absolute Gasteiger partial charge is 0.288 e. The fourth-order valence-corrected chi connectivity index (χ4v) is 3.57. The average molecular weight is 307 g/mol. The molecule has 0 amide bonds. The van der Waals surface area contributed by atoms with Gasteiger partial charge in [0.25, 0.3) is 5.92 Å². The summed E-state index contributed by atoms with van der Waals surface area (Å²) in [5.74, 6) is -2.79. The van der Waals surface area contributed by atoms with Crippen LogP contribution in [0, 0.1) is 0 Å². The molecule has 2 aliphatic rings. The van der Waals surface area contributed by atoms with E-state index in [2.05, 4.69) is 0 Å². The minimum absolute atomic E-state index is 0.0145. The molecule has 0 saturated carbocycles. The van der Waals surface area contributed by atoms with Gasteiger partial charge in [0.2, 0.25) is 16.8 Å². The molecule has 1 N–H and O–H groups in total. The molecule has 0 aromatic heterocycles. The molecule has 6 nitrogen and oxygen atoms in total. The van der Waals surface area contributed by atoms with Gasteiger partial charge in [-0.25, -0.2) is 17.2 Å². The number of hydrogen-bond donors (Lipinski definition) is 1. The highest BCUT2D eigenvalue weighted by Gasteiger charge is 2.51. The van der Waals surface area contributed by atoms with Gasteiger partial charge in [-0.1, -0.05) is 0 Å². The topological polar surface area (TPSA) is 76.1 Å². The third kappa shape index (κ3) is 2.02. The Kier molecular flexibility index (Phi) is 2.89. The van der Waals surface area contributed by atoms with Gasteiger partial charge in [-0.2, -0.15) is 4.31 Å². The summed E-state index contributed by atoms with van der Waals surface area (Å²) in [5, 5.41) is 9.19. The normalized spacial score (nSPS) is 25.1. The van der Waals surface area contributed by atoms with Crippen LogP contribution in [0.4, 0.5) is 8.78 Å². The first-order chi connectivity index (χ1) is 9.30. The fraction of sp³-hybridized carbons (Fsp3) is 0.455. The SMILES string of the molecule is O=S(=O)(c1ccc2c(c1)OCO2)N1CC(O)C(F)(F)C1. The van der Waals surface area contributed by atoms with Crippen LogP contribution in [0.15, 0.2) is 23.1 Å². The van der Waals surface area contributed by atoms with Crippen molar-refractivity contribution < 1.29 is 31.8 Å². The van der Waals surface area contributed by atoms with Crippen LogP contribution in [0.25, 0.3) is 0 Å². The van der Waals surface area contributed by atoms with Crippen molar-refractivity contribution in [3.8, 4) is 11.5 Å². The maximum absolute atomic E-state index is 13.3. The summed E-state index contributed by atoms with van der Waals surface area (Å²) in [4.78, 5) is -0.174. The number of hydrogen-bond acceptors (Lipinski definition) is 5. The summed E-state index contributed by atoms with van der Waals surface area (Å²) in [6.45, 7) is -1.69. The minimum atomic E-state index is -4.11. The van der Waals surface area contributed by atoms with Crippen molar-refractivity contribution in [2.45, 2.75) is 16.9 Å². The van der Waals surface area contributed by atoms with Crippen molar-refractivity contribution in [2.24, 2.45) is 0 Å². The highest BCUT2D eigenvalue weighted by molar-refractivity contribution is 7.89. The largest absolute Gasteiger partial charge is 0.454 e. The lowest BCUT2D eigenvalue weighted by molar-refractivity contribution is -0.0722. The van der Waals surface area contributed by atoms with E-state index in [9.17, 15) is 22.3 Å². The molecule has 1 atom stereocenters. The van der Waals surface area contributed by atoms with Crippen LogP contribution in [0.5, 0.6) is 11.5 Å². The highest BCUT2D eigenvalue weighted by atomic mass is 32.2. The van der Waals surface area contributed by atoms with Crippen LogP contribution in [0.1, 0.15) is 0 Å². The second kappa shape index (κ2) is 4.27. The lowest BCUT2D eigenvalue weighted by Gasteiger charge is -2.15. The number of nitrogens with zero attached hydrogens (tertiary/aromatic N) is 1. The van der Waals surface area contributed by atoms with Gasteiger partial charge in [0, 0.05) is 12.6 Å². The molecule has 0 aliphatic carbocycles. The monoisotopic (exact) mass is 307 g/mol. The standard InChI is InChI=1S/C11H11F2NO5S/c12-11(13)5-14(4-10(11)15)20(16,17)7-1-2-8-9(3-7)19-6-18-8/h1-3,10,15H,4-6H2. The van der Waals surface area contributed by atoms with Gasteiger partial charge in [0.05, 0.1) is 11.4 Å². The molecular weight excluding hydrogens is 296 g/mol. The molecule has 0 radical (unpaired) electrons. The van der Waals surface area contributed by atoms with Crippen LogP contribution in [-0.2, 0) is 10.0 Å². The summed E-state index contributed by atoms with van der Waals surface area (Å²) in [6.07, 6.45) is -1.99. The van der Waals surface area contributed by atoms with Gasteiger partial charge in [0.15, 0.2) is 11.5 Å². The molecule has 110 valence electrons. The van der Waals surface area contributed by atoms with E-state index in [1.165, 1.54) is 18.2 Å². The van der Waals surface area contributed by atoms with E-state index < -0.39 is 35.1 Å².